The standard InChI is InChI=1S/C13H21N/c1-10(2)8-12-4-6-13(7-5-12)11(3)9-14/h4-7,10-11H,8-9,14H2,1-3H3/t11-/m0/s1. The topological polar surface area (TPSA) is 26.0 Å². The van der Waals surface area contributed by atoms with Crippen LogP contribution in [0.2, 0.25) is 0 Å². The Morgan fingerprint density at radius 3 is 2.07 bits per heavy atom. The Labute approximate surface area is 87.3 Å². The summed E-state index contributed by atoms with van der Waals surface area (Å²) in [6.45, 7) is 7.38. The summed E-state index contributed by atoms with van der Waals surface area (Å²) in [5, 5.41) is 0. The minimum Gasteiger partial charge on any atom is -0.330 e. The molecule has 1 aromatic carbocycles. The first-order chi connectivity index (χ1) is 6.63. The first kappa shape index (κ1) is 11.3. The quantitative estimate of drug-likeness (QED) is 0.778. The van der Waals surface area contributed by atoms with E-state index in [1.54, 1.807) is 0 Å². The van der Waals surface area contributed by atoms with E-state index in [0.29, 0.717) is 5.92 Å². The van der Waals surface area contributed by atoms with Crippen molar-refractivity contribution < 1.29 is 0 Å². The summed E-state index contributed by atoms with van der Waals surface area (Å²) in [5.41, 5.74) is 8.39. The maximum absolute atomic E-state index is 5.62. The molecule has 0 fully saturated rings. The van der Waals surface area contributed by atoms with E-state index in [0.717, 1.165) is 18.9 Å². The van der Waals surface area contributed by atoms with Crippen molar-refractivity contribution >= 4 is 0 Å². The second-order valence-corrected chi connectivity index (χ2v) is 4.48. The SMILES string of the molecule is CC(C)Cc1ccc([C@@H](C)CN)cc1. The van der Waals surface area contributed by atoms with Crippen molar-refractivity contribution in [3.8, 4) is 0 Å². The average Bonchev–Trinajstić information content (AvgIpc) is 2.17. The molecule has 0 amide bonds. The molecule has 0 aromatic heterocycles. The van der Waals surface area contributed by atoms with E-state index in [4.69, 9.17) is 5.73 Å². The largest absolute Gasteiger partial charge is 0.330 e. The molecule has 2 N–H and O–H groups in total. The lowest BCUT2D eigenvalue weighted by molar-refractivity contribution is 0.646. The van der Waals surface area contributed by atoms with Gasteiger partial charge in [-0.05, 0) is 35.9 Å². The van der Waals surface area contributed by atoms with E-state index in [1.807, 2.05) is 0 Å². The molecule has 1 atom stereocenters. The summed E-state index contributed by atoms with van der Waals surface area (Å²) >= 11 is 0. The average molecular weight is 191 g/mol. The smallest absolute Gasteiger partial charge is 0.00109 e. The maximum atomic E-state index is 5.62. The zero-order chi connectivity index (χ0) is 10.6. The first-order valence-corrected chi connectivity index (χ1v) is 5.42. The van der Waals surface area contributed by atoms with E-state index in [-0.39, 0.29) is 0 Å². The van der Waals surface area contributed by atoms with Gasteiger partial charge in [0.05, 0.1) is 0 Å². The second kappa shape index (κ2) is 5.16. The lowest BCUT2D eigenvalue weighted by Crippen LogP contribution is -2.08. The van der Waals surface area contributed by atoms with E-state index < -0.39 is 0 Å². The van der Waals surface area contributed by atoms with Gasteiger partial charge in [0, 0.05) is 0 Å². The summed E-state index contributed by atoms with van der Waals surface area (Å²) in [7, 11) is 0. The summed E-state index contributed by atoms with van der Waals surface area (Å²) in [6, 6.07) is 8.85. The zero-order valence-corrected chi connectivity index (χ0v) is 9.46. The van der Waals surface area contributed by atoms with Crippen LogP contribution in [0.25, 0.3) is 0 Å². The van der Waals surface area contributed by atoms with Gasteiger partial charge < -0.3 is 5.73 Å². The van der Waals surface area contributed by atoms with Crippen molar-refractivity contribution in [2.45, 2.75) is 33.1 Å². The molecule has 0 aliphatic rings. The van der Waals surface area contributed by atoms with E-state index >= 15 is 0 Å². The van der Waals surface area contributed by atoms with E-state index in [1.165, 1.54) is 11.1 Å². The van der Waals surface area contributed by atoms with Gasteiger partial charge in [0.15, 0.2) is 0 Å². The third-order valence-electron chi connectivity index (χ3n) is 2.55. The van der Waals surface area contributed by atoms with Crippen molar-refractivity contribution in [3.63, 3.8) is 0 Å². The monoisotopic (exact) mass is 191 g/mol. The van der Waals surface area contributed by atoms with Crippen LogP contribution < -0.4 is 5.73 Å². The molecule has 0 heterocycles. The number of rotatable bonds is 4. The Morgan fingerprint density at radius 2 is 1.64 bits per heavy atom. The Balaban J connectivity index is 2.68. The number of hydrogen-bond donors (Lipinski definition) is 1. The van der Waals surface area contributed by atoms with Crippen molar-refractivity contribution in [2.75, 3.05) is 6.54 Å². The Morgan fingerprint density at radius 1 is 1.07 bits per heavy atom. The molecule has 1 aromatic rings. The van der Waals surface area contributed by atoms with Gasteiger partial charge >= 0.3 is 0 Å². The van der Waals surface area contributed by atoms with Gasteiger partial charge in [0.1, 0.15) is 0 Å². The summed E-state index contributed by atoms with van der Waals surface area (Å²) < 4.78 is 0. The van der Waals surface area contributed by atoms with Gasteiger partial charge in [-0.3, -0.25) is 0 Å². The molecule has 0 bridgehead atoms. The summed E-state index contributed by atoms with van der Waals surface area (Å²) in [5.74, 6) is 1.20. The molecule has 78 valence electrons. The highest BCUT2D eigenvalue weighted by Crippen LogP contribution is 2.16. The van der Waals surface area contributed by atoms with Gasteiger partial charge in [-0.2, -0.15) is 0 Å². The zero-order valence-electron chi connectivity index (χ0n) is 9.46. The highest BCUT2D eigenvalue weighted by molar-refractivity contribution is 5.25. The second-order valence-electron chi connectivity index (χ2n) is 4.48. The van der Waals surface area contributed by atoms with Crippen LogP contribution in [-0.2, 0) is 6.42 Å². The molecule has 1 rings (SSSR count). The fourth-order valence-corrected chi connectivity index (χ4v) is 1.59. The van der Waals surface area contributed by atoms with Crippen LogP contribution >= 0.6 is 0 Å². The van der Waals surface area contributed by atoms with Crippen LogP contribution in [-0.4, -0.2) is 6.54 Å². The van der Waals surface area contributed by atoms with Crippen molar-refractivity contribution in [3.05, 3.63) is 35.4 Å². The molecular formula is C13H21N. The van der Waals surface area contributed by atoms with Gasteiger partial charge in [-0.25, -0.2) is 0 Å². The normalized spacial score (nSPS) is 13.2. The summed E-state index contributed by atoms with van der Waals surface area (Å²) in [4.78, 5) is 0. The molecule has 1 nitrogen and oxygen atoms in total. The third-order valence-corrected chi connectivity index (χ3v) is 2.55. The molecule has 0 spiro atoms. The fourth-order valence-electron chi connectivity index (χ4n) is 1.59. The minimum absolute atomic E-state index is 0.475. The predicted molar refractivity (Wildman–Crippen MR) is 62.5 cm³/mol. The molecule has 0 radical (unpaired) electrons. The number of hydrogen-bond acceptors (Lipinski definition) is 1. The molecule has 0 unspecified atom stereocenters. The molecule has 0 aliphatic heterocycles. The van der Waals surface area contributed by atoms with Crippen molar-refractivity contribution in [1.29, 1.82) is 0 Å². The van der Waals surface area contributed by atoms with Crippen LogP contribution in [0.3, 0.4) is 0 Å². The van der Waals surface area contributed by atoms with Gasteiger partial charge in [0.2, 0.25) is 0 Å². The molecule has 0 aliphatic carbocycles. The molecular weight excluding hydrogens is 170 g/mol. The van der Waals surface area contributed by atoms with Crippen molar-refractivity contribution in [1.82, 2.24) is 0 Å². The van der Waals surface area contributed by atoms with Crippen LogP contribution in [0.5, 0.6) is 0 Å². The van der Waals surface area contributed by atoms with Crippen LogP contribution in [0.1, 0.15) is 37.8 Å². The Kier molecular flexibility index (Phi) is 4.15. The molecule has 1 heteroatoms. The van der Waals surface area contributed by atoms with E-state index in [9.17, 15) is 0 Å². The fraction of sp³-hybridized carbons (Fsp3) is 0.538. The minimum atomic E-state index is 0.475. The third kappa shape index (κ3) is 3.15. The highest BCUT2D eigenvalue weighted by atomic mass is 14.5. The summed E-state index contributed by atoms with van der Waals surface area (Å²) in [6.07, 6.45) is 1.16. The maximum Gasteiger partial charge on any atom is -0.00109 e. The van der Waals surface area contributed by atoms with Gasteiger partial charge in [-0.1, -0.05) is 45.0 Å². The Bertz CT molecular complexity index is 261. The molecule has 0 saturated heterocycles. The van der Waals surface area contributed by atoms with E-state index in [2.05, 4.69) is 45.0 Å². The molecule has 14 heavy (non-hydrogen) atoms. The van der Waals surface area contributed by atoms with Crippen molar-refractivity contribution in [2.24, 2.45) is 11.7 Å². The number of benzene rings is 1. The Hall–Kier alpha value is -0.820. The van der Waals surface area contributed by atoms with Gasteiger partial charge in [0.25, 0.3) is 0 Å². The molecule has 0 saturated carbocycles. The lowest BCUT2D eigenvalue weighted by Gasteiger charge is -2.10. The van der Waals surface area contributed by atoms with Crippen LogP contribution in [0.15, 0.2) is 24.3 Å². The van der Waals surface area contributed by atoms with Crippen LogP contribution in [0.4, 0.5) is 0 Å². The predicted octanol–water partition coefficient (Wildman–Crippen LogP) is 2.95. The van der Waals surface area contributed by atoms with Crippen LogP contribution in [0, 0.1) is 5.92 Å². The first-order valence-electron chi connectivity index (χ1n) is 5.42. The highest BCUT2D eigenvalue weighted by Gasteiger charge is 2.03. The lowest BCUT2D eigenvalue weighted by atomic mass is 9.97. The number of nitrogens with two attached hydrogens (primary N) is 1. The van der Waals surface area contributed by atoms with Gasteiger partial charge in [-0.15, -0.1) is 0 Å².